The maximum atomic E-state index is 5.71. The van der Waals surface area contributed by atoms with Crippen LogP contribution in [0.3, 0.4) is 0 Å². The van der Waals surface area contributed by atoms with Crippen LogP contribution < -0.4 is 5.73 Å². The van der Waals surface area contributed by atoms with Gasteiger partial charge >= 0.3 is 0 Å². The van der Waals surface area contributed by atoms with Gasteiger partial charge in [0.05, 0.1) is 0 Å². The molecule has 0 saturated heterocycles. The Morgan fingerprint density at radius 1 is 1.50 bits per heavy atom. The van der Waals surface area contributed by atoms with Gasteiger partial charge in [0, 0.05) is 6.20 Å². The van der Waals surface area contributed by atoms with Crippen molar-refractivity contribution in [3.8, 4) is 0 Å². The summed E-state index contributed by atoms with van der Waals surface area (Å²) in [7, 11) is 0. The van der Waals surface area contributed by atoms with Crippen LogP contribution in [-0.4, -0.2) is 15.6 Å². The highest BCUT2D eigenvalue weighted by atomic mass is 32.2. The summed E-state index contributed by atoms with van der Waals surface area (Å²) in [6.45, 7) is 0. The maximum absolute atomic E-state index is 5.71. The highest BCUT2D eigenvalue weighted by Crippen LogP contribution is 2.23. The molecule has 3 nitrogen and oxygen atoms in total. The van der Waals surface area contributed by atoms with E-state index in [4.69, 9.17) is 5.73 Å². The lowest BCUT2D eigenvalue weighted by atomic mass is 10.5. The normalized spacial score (nSPS) is 10.8. The van der Waals surface area contributed by atoms with Gasteiger partial charge < -0.3 is 5.73 Å². The van der Waals surface area contributed by atoms with E-state index in [2.05, 4.69) is 4.98 Å². The smallest absolute Gasteiger partial charge is 0.156 e. The van der Waals surface area contributed by atoms with Crippen LogP contribution in [0.1, 0.15) is 0 Å². The first-order chi connectivity index (χ1) is 5.83. The minimum atomic E-state index is 0.605. The highest BCUT2D eigenvalue weighted by Gasteiger charge is 2.05. The Morgan fingerprint density at radius 3 is 3.08 bits per heavy atom. The van der Waals surface area contributed by atoms with Gasteiger partial charge in [0.1, 0.15) is 10.7 Å². The largest absolute Gasteiger partial charge is 0.381 e. The second-order valence-corrected chi connectivity index (χ2v) is 3.23. The first kappa shape index (κ1) is 7.49. The predicted molar refractivity (Wildman–Crippen MR) is 51.4 cm³/mol. The lowest BCUT2D eigenvalue weighted by Crippen LogP contribution is -1.87. The second-order valence-electron chi connectivity index (χ2n) is 2.44. The summed E-state index contributed by atoms with van der Waals surface area (Å²) in [4.78, 5) is 4.20. The molecule has 12 heavy (non-hydrogen) atoms. The fourth-order valence-corrected chi connectivity index (χ4v) is 1.80. The number of pyridine rings is 1. The Balaban J connectivity index is 2.81. The first-order valence-corrected chi connectivity index (χ1v) is 4.82. The number of nitrogen functional groups attached to an aromatic ring is 1. The molecule has 0 spiro atoms. The molecule has 2 aromatic heterocycles. The van der Waals surface area contributed by atoms with Crippen LogP contribution in [0.4, 0.5) is 5.82 Å². The number of hydrogen-bond acceptors (Lipinski definition) is 3. The van der Waals surface area contributed by atoms with Crippen molar-refractivity contribution >= 4 is 23.2 Å². The van der Waals surface area contributed by atoms with Gasteiger partial charge in [0.25, 0.3) is 0 Å². The van der Waals surface area contributed by atoms with Gasteiger partial charge in [-0.2, -0.15) is 0 Å². The van der Waals surface area contributed by atoms with Crippen molar-refractivity contribution in [1.82, 2.24) is 9.38 Å². The number of aromatic nitrogens is 2. The summed E-state index contributed by atoms with van der Waals surface area (Å²) in [5.74, 6) is 0.605. The molecule has 0 atom stereocenters. The molecule has 2 rings (SSSR count). The molecule has 2 N–H and O–H groups in total. The van der Waals surface area contributed by atoms with Gasteiger partial charge in [-0.15, -0.1) is 11.8 Å². The fourth-order valence-electron chi connectivity index (χ4n) is 1.19. The van der Waals surface area contributed by atoms with Crippen LogP contribution in [-0.2, 0) is 0 Å². The molecule has 0 bridgehead atoms. The zero-order valence-corrected chi connectivity index (χ0v) is 7.51. The molecule has 0 unspecified atom stereocenters. The first-order valence-electron chi connectivity index (χ1n) is 3.59. The zero-order chi connectivity index (χ0) is 8.55. The van der Waals surface area contributed by atoms with Crippen LogP contribution in [0.25, 0.3) is 5.65 Å². The van der Waals surface area contributed by atoms with E-state index in [1.165, 1.54) is 0 Å². The lowest BCUT2D eigenvalue weighted by molar-refractivity contribution is 1.06. The SMILES string of the molecule is CSc1c(N)nc2ccccn12. The minimum absolute atomic E-state index is 0.605. The molecule has 62 valence electrons. The van der Waals surface area contributed by atoms with Gasteiger partial charge in [0.15, 0.2) is 5.82 Å². The fraction of sp³-hybridized carbons (Fsp3) is 0.125. The Morgan fingerprint density at radius 2 is 2.33 bits per heavy atom. The third kappa shape index (κ3) is 0.956. The van der Waals surface area contributed by atoms with E-state index in [-0.39, 0.29) is 0 Å². The molecule has 0 aromatic carbocycles. The third-order valence-corrected chi connectivity index (χ3v) is 2.50. The van der Waals surface area contributed by atoms with Crippen molar-refractivity contribution in [3.63, 3.8) is 0 Å². The maximum Gasteiger partial charge on any atom is 0.156 e. The number of fused-ring (bicyclic) bond motifs is 1. The van der Waals surface area contributed by atoms with Crippen molar-refractivity contribution in [2.24, 2.45) is 0 Å². The van der Waals surface area contributed by atoms with E-state index in [0.29, 0.717) is 5.82 Å². The van der Waals surface area contributed by atoms with Crippen LogP contribution >= 0.6 is 11.8 Å². The van der Waals surface area contributed by atoms with Gasteiger partial charge in [0.2, 0.25) is 0 Å². The van der Waals surface area contributed by atoms with Crippen molar-refractivity contribution in [3.05, 3.63) is 24.4 Å². The van der Waals surface area contributed by atoms with Gasteiger partial charge in [-0.25, -0.2) is 4.98 Å². The number of hydrogen-bond donors (Lipinski definition) is 1. The van der Waals surface area contributed by atoms with Crippen molar-refractivity contribution in [2.45, 2.75) is 5.03 Å². The van der Waals surface area contributed by atoms with E-state index in [9.17, 15) is 0 Å². The summed E-state index contributed by atoms with van der Waals surface area (Å²) in [6.07, 6.45) is 3.96. The molecule has 0 amide bonds. The Kier molecular flexibility index (Phi) is 1.69. The van der Waals surface area contributed by atoms with Crippen LogP contribution in [0, 0.1) is 0 Å². The summed E-state index contributed by atoms with van der Waals surface area (Å²) in [5, 5.41) is 1.01. The summed E-state index contributed by atoms with van der Waals surface area (Å²) < 4.78 is 1.99. The standard InChI is InChI=1S/C8H9N3S/c1-12-8-7(9)10-6-4-2-3-5-11(6)8/h2-5H,9H2,1H3. The van der Waals surface area contributed by atoms with Crippen molar-refractivity contribution in [1.29, 1.82) is 0 Å². The molecule has 0 aliphatic rings. The molecule has 2 heterocycles. The van der Waals surface area contributed by atoms with E-state index in [1.54, 1.807) is 11.8 Å². The molecular weight excluding hydrogens is 170 g/mol. The van der Waals surface area contributed by atoms with E-state index >= 15 is 0 Å². The number of nitrogens with two attached hydrogens (primary N) is 1. The Bertz CT molecular complexity index is 408. The average Bonchev–Trinajstić information content (AvgIpc) is 2.40. The topological polar surface area (TPSA) is 43.3 Å². The number of thioether (sulfide) groups is 1. The molecule has 2 aromatic rings. The van der Waals surface area contributed by atoms with Crippen LogP contribution in [0.5, 0.6) is 0 Å². The van der Waals surface area contributed by atoms with E-state index in [1.807, 2.05) is 35.1 Å². The lowest BCUT2D eigenvalue weighted by Gasteiger charge is -1.95. The second kappa shape index (κ2) is 2.71. The average molecular weight is 179 g/mol. The molecule has 0 fully saturated rings. The highest BCUT2D eigenvalue weighted by molar-refractivity contribution is 7.98. The van der Waals surface area contributed by atoms with Crippen LogP contribution in [0.2, 0.25) is 0 Å². The predicted octanol–water partition coefficient (Wildman–Crippen LogP) is 1.64. The van der Waals surface area contributed by atoms with E-state index in [0.717, 1.165) is 10.7 Å². The molecule has 0 aliphatic heterocycles. The molecule has 0 aliphatic carbocycles. The summed E-state index contributed by atoms with van der Waals surface area (Å²) in [5.41, 5.74) is 6.61. The molecule has 4 heteroatoms. The third-order valence-electron chi connectivity index (χ3n) is 1.70. The summed E-state index contributed by atoms with van der Waals surface area (Å²) >= 11 is 1.61. The van der Waals surface area contributed by atoms with Gasteiger partial charge in [-0.3, -0.25) is 4.40 Å². The Labute approximate surface area is 74.6 Å². The number of nitrogens with zero attached hydrogens (tertiary/aromatic N) is 2. The number of rotatable bonds is 1. The quantitative estimate of drug-likeness (QED) is 0.677. The molecule has 0 saturated carbocycles. The minimum Gasteiger partial charge on any atom is -0.381 e. The number of imidazole rings is 1. The molecule has 0 radical (unpaired) electrons. The monoisotopic (exact) mass is 179 g/mol. The van der Waals surface area contributed by atoms with Crippen molar-refractivity contribution in [2.75, 3.05) is 12.0 Å². The van der Waals surface area contributed by atoms with E-state index < -0.39 is 0 Å². The molecular formula is C8H9N3S. The summed E-state index contributed by atoms with van der Waals surface area (Å²) in [6, 6.07) is 5.86. The van der Waals surface area contributed by atoms with Crippen molar-refractivity contribution < 1.29 is 0 Å². The van der Waals surface area contributed by atoms with Gasteiger partial charge in [-0.1, -0.05) is 6.07 Å². The van der Waals surface area contributed by atoms with Crippen LogP contribution in [0.15, 0.2) is 29.4 Å². The zero-order valence-electron chi connectivity index (χ0n) is 6.69. The Hall–Kier alpha value is -1.16. The van der Waals surface area contributed by atoms with Gasteiger partial charge in [-0.05, 0) is 18.4 Å². The number of anilines is 1.